The number of carboxylic acid groups (broad SMARTS) is 1. The van der Waals surface area contributed by atoms with Gasteiger partial charge in [-0.3, -0.25) is 24.0 Å². The lowest BCUT2D eigenvalue weighted by Crippen LogP contribution is -2.56. The summed E-state index contributed by atoms with van der Waals surface area (Å²) >= 11 is 0. The number of imidazole rings is 1. The number of esters is 1. The maximum atomic E-state index is 14.0. The van der Waals surface area contributed by atoms with Gasteiger partial charge in [0.15, 0.2) is 0 Å². The molecule has 3 aromatic carbocycles. The van der Waals surface area contributed by atoms with Gasteiger partial charge in [-0.05, 0) is 71.6 Å². The predicted molar refractivity (Wildman–Crippen MR) is 219 cm³/mol. The monoisotopic (exact) mass is 810 g/mol. The number of amides is 4. The van der Waals surface area contributed by atoms with Crippen LogP contribution in [0, 0.1) is 0 Å². The average Bonchev–Trinajstić information content (AvgIpc) is 3.63. The van der Waals surface area contributed by atoms with Crippen LogP contribution in [-0.2, 0) is 45.4 Å². The molecule has 0 spiro atoms. The topological polar surface area (TPSA) is 207 Å². The van der Waals surface area contributed by atoms with E-state index in [0.29, 0.717) is 5.69 Å². The fourth-order valence-corrected chi connectivity index (χ4v) is 6.39. The third kappa shape index (κ3) is 13.0. The summed E-state index contributed by atoms with van der Waals surface area (Å²) in [5.74, 6) is -4.35. The molecule has 0 unspecified atom stereocenters. The van der Waals surface area contributed by atoms with Crippen molar-refractivity contribution in [3.05, 3.63) is 126 Å². The average molecular weight is 811 g/mol. The highest BCUT2D eigenvalue weighted by atomic mass is 16.6. The van der Waals surface area contributed by atoms with Gasteiger partial charge in [0.1, 0.15) is 41.4 Å². The van der Waals surface area contributed by atoms with Crippen LogP contribution in [0.2, 0.25) is 0 Å². The van der Waals surface area contributed by atoms with Crippen molar-refractivity contribution in [2.75, 3.05) is 6.54 Å². The standard InChI is InChI=1S/C44H54N6O9/c1-29(38(54)48-34(39(55)45-26-36(51)52)23-24-37(53)58-42(2,3)4)47-40(56)35(49-41(57)59-43(5,6)7)25-33-27-50(28-46-33)44(30-17-11-8-12-18-30,31-19-13-9-14-20-31)32-21-15-10-16-22-32/h8-22,27-29,34-35H,23-26H2,1-7H3,(H,45,55)(H,47,56)(H,48,54)(H,49,57)(H,51,52)/t29-,34+,35+/m1/s1. The van der Waals surface area contributed by atoms with Crippen LogP contribution in [0.4, 0.5) is 4.79 Å². The Morgan fingerprint density at radius 2 is 1.19 bits per heavy atom. The van der Waals surface area contributed by atoms with Crippen LogP contribution in [0.15, 0.2) is 104 Å². The quantitative estimate of drug-likeness (QED) is 0.0747. The molecule has 1 heterocycles. The van der Waals surface area contributed by atoms with Gasteiger partial charge in [-0.1, -0.05) is 91.0 Å². The van der Waals surface area contributed by atoms with Gasteiger partial charge >= 0.3 is 18.0 Å². The maximum Gasteiger partial charge on any atom is 0.408 e. The number of carbonyl (C=O) groups is 6. The summed E-state index contributed by atoms with van der Waals surface area (Å²) in [4.78, 5) is 81.7. The van der Waals surface area contributed by atoms with Gasteiger partial charge in [-0.15, -0.1) is 0 Å². The number of nitrogens with zero attached hydrogens (tertiary/aromatic N) is 2. The Bertz CT molecular complexity index is 1960. The first-order valence-electron chi connectivity index (χ1n) is 19.3. The van der Waals surface area contributed by atoms with Crippen molar-refractivity contribution in [3.63, 3.8) is 0 Å². The van der Waals surface area contributed by atoms with Crippen molar-refractivity contribution in [2.45, 2.75) is 103 Å². The maximum absolute atomic E-state index is 14.0. The molecular formula is C44H54N6O9. The molecule has 0 aliphatic heterocycles. The lowest BCUT2D eigenvalue weighted by molar-refractivity contribution is -0.155. The molecular weight excluding hydrogens is 757 g/mol. The summed E-state index contributed by atoms with van der Waals surface area (Å²) in [6, 6.07) is 25.9. The van der Waals surface area contributed by atoms with Gasteiger partial charge in [0.25, 0.3) is 0 Å². The van der Waals surface area contributed by atoms with Gasteiger partial charge in [0.2, 0.25) is 17.7 Å². The molecule has 314 valence electrons. The van der Waals surface area contributed by atoms with E-state index < -0.39 is 77.2 Å². The van der Waals surface area contributed by atoms with Crippen molar-refractivity contribution in [2.24, 2.45) is 0 Å². The van der Waals surface area contributed by atoms with Crippen LogP contribution in [0.1, 0.15) is 83.7 Å². The first-order valence-corrected chi connectivity index (χ1v) is 19.3. The minimum atomic E-state index is -1.34. The zero-order valence-corrected chi connectivity index (χ0v) is 34.5. The molecule has 0 saturated heterocycles. The van der Waals surface area contributed by atoms with Crippen LogP contribution in [0.5, 0.6) is 0 Å². The molecule has 0 aliphatic carbocycles. The Morgan fingerprint density at radius 3 is 1.66 bits per heavy atom. The van der Waals surface area contributed by atoms with Crippen molar-refractivity contribution in [3.8, 4) is 0 Å². The smallest absolute Gasteiger partial charge is 0.408 e. The normalized spacial score (nSPS) is 13.2. The Balaban J connectivity index is 1.63. The minimum absolute atomic E-state index is 0.114. The van der Waals surface area contributed by atoms with E-state index in [4.69, 9.17) is 19.6 Å². The highest BCUT2D eigenvalue weighted by Gasteiger charge is 2.39. The Labute approximate surface area is 344 Å². The van der Waals surface area contributed by atoms with Gasteiger partial charge in [-0.2, -0.15) is 0 Å². The van der Waals surface area contributed by atoms with Crippen LogP contribution in [0.3, 0.4) is 0 Å². The van der Waals surface area contributed by atoms with Gasteiger partial charge in [0, 0.05) is 19.0 Å². The molecule has 3 atom stereocenters. The van der Waals surface area contributed by atoms with Crippen molar-refractivity contribution in [1.29, 1.82) is 0 Å². The second-order valence-corrected chi connectivity index (χ2v) is 16.0. The first-order chi connectivity index (χ1) is 27.8. The lowest BCUT2D eigenvalue weighted by Gasteiger charge is -2.37. The largest absolute Gasteiger partial charge is 0.480 e. The minimum Gasteiger partial charge on any atom is -0.480 e. The molecule has 0 radical (unpaired) electrons. The number of benzene rings is 3. The van der Waals surface area contributed by atoms with Crippen LogP contribution >= 0.6 is 0 Å². The highest BCUT2D eigenvalue weighted by molar-refractivity contribution is 5.94. The highest BCUT2D eigenvalue weighted by Crippen LogP contribution is 2.40. The number of hydrogen-bond acceptors (Lipinski definition) is 9. The van der Waals surface area contributed by atoms with Crippen molar-refractivity contribution >= 4 is 35.8 Å². The number of carboxylic acids is 1. The molecule has 59 heavy (non-hydrogen) atoms. The van der Waals surface area contributed by atoms with Crippen LogP contribution < -0.4 is 21.3 Å². The zero-order valence-electron chi connectivity index (χ0n) is 34.5. The van der Waals surface area contributed by atoms with E-state index in [9.17, 15) is 28.8 Å². The van der Waals surface area contributed by atoms with Crippen molar-refractivity contribution < 1.29 is 43.3 Å². The van der Waals surface area contributed by atoms with E-state index in [-0.39, 0.29) is 19.3 Å². The van der Waals surface area contributed by atoms with E-state index in [1.165, 1.54) is 6.92 Å². The zero-order chi connectivity index (χ0) is 43.4. The molecule has 4 amide bonds. The van der Waals surface area contributed by atoms with E-state index >= 15 is 0 Å². The number of ether oxygens (including phenoxy) is 2. The summed E-state index contributed by atoms with van der Waals surface area (Å²) in [6.07, 6.45) is 2.02. The molecule has 0 fully saturated rings. The van der Waals surface area contributed by atoms with Gasteiger partial charge in [-0.25, -0.2) is 9.78 Å². The molecule has 1 aromatic heterocycles. The van der Waals surface area contributed by atoms with E-state index in [0.717, 1.165) is 16.7 Å². The fraction of sp³-hybridized carbons (Fsp3) is 0.386. The molecule has 4 rings (SSSR count). The Kier molecular flexibility index (Phi) is 15.1. The molecule has 0 saturated carbocycles. The molecule has 0 aliphatic rings. The first kappa shape index (κ1) is 45.2. The molecule has 15 heteroatoms. The molecule has 0 bridgehead atoms. The predicted octanol–water partition coefficient (Wildman–Crippen LogP) is 4.47. The number of carbonyl (C=O) groups excluding carboxylic acids is 5. The Morgan fingerprint density at radius 1 is 0.678 bits per heavy atom. The third-order valence-corrected chi connectivity index (χ3v) is 8.87. The number of hydrogen-bond donors (Lipinski definition) is 5. The summed E-state index contributed by atoms with van der Waals surface area (Å²) in [5.41, 5.74) is 0.694. The van der Waals surface area contributed by atoms with Gasteiger partial charge < -0.3 is 40.4 Å². The number of aromatic nitrogens is 2. The summed E-state index contributed by atoms with van der Waals surface area (Å²) < 4.78 is 12.8. The summed E-state index contributed by atoms with van der Waals surface area (Å²) in [6.45, 7) is 10.7. The number of nitrogens with one attached hydrogen (secondary N) is 4. The third-order valence-electron chi connectivity index (χ3n) is 8.87. The molecule has 15 nitrogen and oxygen atoms in total. The van der Waals surface area contributed by atoms with E-state index in [2.05, 4.69) is 21.3 Å². The van der Waals surface area contributed by atoms with Crippen LogP contribution in [-0.4, -0.2) is 86.3 Å². The lowest BCUT2D eigenvalue weighted by atomic mass is 9.77. The molecule has 4 aromatic rings. The number of aliphatic carboxylic acids is 1. The van der Waals surface area contributed by atoms with E-state index in [1.54, 1.807) is 47.9 Å². The van der Waals surface area contributed by atoms with Crippen molar-refractivity contribution in [1.82, 2.24) is 30.8 Å². The van der Waals surface area contributed by atoms with E-state index in [1.807, 2.05) is 102 Å². The number of alkyl carbamates (subject to hydrolysis) is 1. The second kappa shape index (κ2) is 19.8. The van der Waals surface area contributed by atoms with Gasteiger partial charge in [0.05, 0.1) is 12.0 Å². The summed E-state index contributed by atoms with van der Waals surface area (Å²) in [5, 5.41) is 19.0. The number of rotatable bonds is 17. The SMILES string of the molecule is C[C@@H](NC(=O)[C@H](Cc1cn(C(c2ccccc2)(c2ccccc2)c2ccccc2)cn1)NC(=O)OC(C)(C)C)C(=O)N[C@@H](CCC(=O)OC(C)(C)C)C(=O)NCC(=O)O. The fourth-order valence-electron chi connectivity index (χ4n) is 6.39. The molecule has 5 N–H and O–H groups in total. The second-order valence-electron chi connectivity index (χ2n) is 16.0. The Hall–Kier alpha value is -6.51. The van der Waals surface area contributed by atoms with Crippen LogP contribution in [0.25, 0.3) is 0 Å². The summed E-state index contributed by atoms with van der Waals surface area (Å²) in [7, 11) is 0.